The number of carboxylic acids is 1. The van der Waals surface area contributed by atoms with E-state index in [9.17, 15) is 33.9 Å². The van der Waals surface area contributed by atoms with Crippen molar-refractivity contribution in [3.05, 3.63) is 107 Å². The predicted octanol–water partition coefficient (Wildman–Crippen LogP) is 3.14. The molecule has 56 heavy (non-hydrogen) atoms. The second-order valence-electron chi connectivity index (χ2n) is 13.0. The Balaban J connectivity index is 1.26. The van der Waals surface area contributed by atoms with Crippen LogP contribution < -0.4 is 16.4 Å². The van der Waals surface area contributed by atoms with Crippen LogP contribution in [0.2, 0.25) is 0 Å². The lowest BCUT2D eigenvalue weighted by atomic mass is 10.0. The van der Waals surface area contributed by atoms with E-state index in [0.29, 0.717) is 16.7 Å². The van der Waals surface area contributed by atoms with E-state index in [-0.39, 0.29) is 22.3 Å². The number of nitrogens with two attached hydrogens (primary N) is 1. The van der Waals surface area contributed by atoms with Crippen molar-refractivity contribution < 1.29 is 52.9 Å². The Hall–Kier alpha value is -6.21. The molecule has 5 N–H and O–H groups in total. The van der Waals surface area contributed by atoms with Gasteiger partial charge in [-0.2, -0.15) is 0 Å². The fraction of sp³-hybridized carbons (Fsp3) is 0.297. The standard InChI is InChI=1S/C37H38N6O11S2/c1-5-20-18-55-32-27(31(46)43(32)28(20)33(47)48)41-30(45)26(24-19-56-35(38)39-24)42-52-17-25(44)51-16-23(40-36(50)54-37(2,3)4)34(49)53-29(21-12-8-6-9-13-21)22-14-10-7-11-15-22/h5-15,19,23,27,29,32H,1,16-18H2,2-4H3,(H2,38,39)(H,40,50)(H,41,45)(H,47,48)/b42-26+/t23?,27?,32-/m1/s1. The molecular formula is C37H38N6O11S2. The molecule has 1 saturated heterocycles. The molecule has 1 aromatic heterocycles. The lowest BCUT2D eigenvalue weighted by molar-refractivity contribution is -0.157. The maximum Gasteiger partial charge on any atom is 0.408 e. The molecule has 5 rings (SSSR count). The minimum absolute atomic E-state index is 0.0332. The first kappa shape index (κ1) is 41.0. The number of aromatic nitrogens is 1. The van der Waals surface area contributed by atoms with Crippen molar-refractivity contribution >= 4 is 69.8 Å². The van der Waals surface area contributed by atoms with Gasteiger partial charge in [0.15, 0.2) is 23.0 Å². The SMILES string of the molecule is C=CC1=C(C(=O)O)N2C(=O)C(NC(=O)/C(=N/OCC(=O)OCC(NC(=O)OC(C)(C)C)C(=O)OC(c3ccccc3)c3ccccc3)c3csc(N)n3)[C@H]2SC1. The van der Waals surface area contributed by atoms with E-state index in [1.165, 1.54) is 23.2 Å². The van der Waals surface area contributed by atoms with Gasteiger partial charge in [0.1, 0.15) is 35.0 Å². The summed E-state index contributed by atoms with van der Waals surface area (Å²) in [5.74, 6) is -4.64. The summed E-state index contributed by atoms with van der Waals surface area (Å²) in [7, 11) is 0. The lowest BCUT2D eigenvalue weighted by Gasteiger charge is -2.49. The van der Waals surface area contributed by atoms with Crippen LogP contribution in [0, 0.1) is 0 Å². The Morgan fingerprint density at radius 1 is 1.09 bits per heavy atom. The first-order valence-electron chi connectivity index (χ1n) is 16.9. The van der Waals surface area contributed by atoms with E-state index in [1.54, 1.807) is 81.4 Å². The monoisotopic (exact) mass is 806 g/mol. The summed E-state index contributed by atoms with van der Waals surface area (Å²) in [6.45, 7) is 6.94. The molecule has 2 aliphatic heterocycles. The summed E-state index contributed by atoms with van der Waals surface area (Å²) in [5, 5.41) is 19.2. The van der Waals surface area contributed by atoms with Crippen LogP contribution in [0.4, 0.5) is 9.93 Å². The number of carbonyl (C=O) groups excluding carboxylic acids is 5. The number of nitrogens with one attached hydrogen (secondary N) is 2. The number of carboxylic acid groups (broad SMARTS) is 1. The number of nitrogen functional groups attached to an aromatic ring is 1. The van der Waals surface area contributed by atoms with Gasteiger partial charge in [-0.15, -0.1) is 23.1 Å². The van der Waals surface area contributed by atoms with Crippen molar-refractivity contribution in [2.45, 2.75) is 49.9 Å². The number of ether oxygens (including phenoxy) is 3. The Morgan fingerprint density at radius 3 is 2.29 bits per heavy atom. The van der Waals surface area contributed by atoms with Gasteiger partial charge < -0.3 is 40.5 Å². The van der Waals surface area contributed by atoms with Crippen LogP contribution in [0.3, 0.4) is 0 Å². The fourth-order valence-corrected chi connectivity index (χ4v) is 7.27. The highest BCUT2D eigenvalue weighted by atomic mass is 32.2. The maximum absolute atomic E-state index is 13.6. The summed E-state index contributed by atoms with van der Waals surface area (Å²) in [6, 6.07) is 15.2. The van der Waals surface area contributed by atoms with E-state index >= 15 is 0 Å². The molecule has 3 aromatic rings. The minimum atomic E-state index is -1.53. The number of anilines is 1. The summed E-state index contributed by atoms with van der Waals surface area (Å²) in [5.41, 5.74) is 5.81. The Kier molecular flexibility index (Phi) is 13.1. The molecule has 17 nitrogen and oxygen atoms in total. The van der Waals surface area contributed by atoms with Gasteiger partial charge >= 0.3 is 24.0 Å². The number of aliphatic carboxylic acids is 1. The Morgan fingerprint density at radius 2 is 1.73 bits per heavy atom. The zero-order chi connectivity index (χ0) is 40.6. The van der Waals surface area contributed by atoms with E-state index < -0.39 is 83.9 Å². The van der Waals surface area contributed by atoms with Crippen LogP contribution in [0.5, 0.6) is 0 Å². The summed E-state index contributed by atoms with van der Waals surface area (Å²) >= 11 is 2.22. The third-order valence-electron chi connectivity index (χ3n) is 7.88. The molecule has 0 spiro atoms. The number of hydrogen-bond acceptors (Lipinski definition) is 15. The number of oxime groups is 1. The second-order valence-corrected chi connectivity index (χ2v) is 15.0. The van der Waals surface area contributed by atoms with Crippen LogP contribution >= 0.6 is 23.1 Å². The lowest BCUT2D eigenvalue weighted by Crippen LogP contribution is -2.71. The zero-order valence-electron chi connectivity index (χ0n) is 30.3. The van der Waals surface area contributed by atoms with Crippen LogP contribution in [0.15, 0.2) is 95.1 Å². The number of rotatable bonds is 15. The van der Waals surface area contributed by atoms with E-state index in [2.05, 4.69) is 27.4 Å². The number of amides is 3. The zero-order valence-corrected chi connectivity index (χ0v) is 32.0. The smallest absolute Gasteiger partial charge is 0.408 e. The van der Waals surface area contributed by atoms with E-state index in [1.807, 2.05) is 0 Å². The highest BCUT2D eigenvalue weighted by molar-refractivity contribution is 8.00. The molecule has 3 amide bonds. The Bertz CT molecular complexity index is 2010. The topological polar surface area (TPSA) is 238 Å². The number of β-lactam (4-membered cyclic amide) rings is 1. The molecule has 1 fully saturated rings. The van der Waals surface area contributed by atoms with Gasteiger partial charge in [0.2, 0.25) is 6.61 Å². The van der Waals surface area contributed by atoms with Crippen molar-refractivity contribution in [1.29, 1.82) is 0 Å². The molecule has 0 saturated carbocycles. The van der Waals surface area contributed by atoms with Gasteiger partial charge in [-0.25, -0.2) is 24.2 Å². The average Bonchev–Trinajstić information content (AvgIpc) is 3.60. The second kappa shape index (κ2) is 17.9. The van der Waals surface area contributed by atoms with Gasteiger partial charge in [0, 0.05) is 11.1 Å². The molecule has 0 radical (unpaired) electrons. The number of carbonyl (C=O) groups is 6. The summed E-state index contributed by atoms with van der Waals surface area (Å²) < 4.78 is 16.4. The molecule has 0 aliphatic carbocycles. The largest absolute Gasteiger partial charge is 0.477 e. The molecular weight excluding hydrogens is 769 g/mol. The van der Waals surface area contributed by atoms with Crippen LogP contribution in [0.1, 0.15) is 43.7 Å². The van der Waals surface area contributed by atoms with Crippen molar-refractivity contribution in [1.82, 2.24) is 20.5 Å². The van der Waals surface area contributed by atoms with Crippen molar-refractivity contribution in [3.8, 4) is 0 Å². The maximum atomic E-state index is 13.6. The predicted molar refractivity (Wildman–Crippen MR) is 204 cm³/mol. The minimum Gasteiger partial charge on any atom is -0.477 e. The number of esters is 2. The fourth-order valence-electron chi connectivity index (χ4n) is 5.38. The summed E-state index contributed by atoms with van der Waals surface area (Å²) in [6.07, 6.45) is -0.482. The summed E-state index contributed by atoms with van der Waals surface area (Å²) in [4.78, 5) is 87.8. The van der Waals surface area contributed by atoms with Crippen molar-refractivity contribution in [3.63, 3.8) is 0 Å². The number of fused-ring (bicyclic) bond motifs is 1. The van der Waals surface area contributed by atoms with Crippen LogP contribution in [-0.2, 0) is 43.0 Å². The molecule has 2 aliphatic rings. The van der Waals surface area contributed by atoms with Crippen molar-refractivity contribution in [2.75, 3.05) is 24.7 Å². The molecule has 294 valence electrons. The van der Waals surface area contributed by atoms with Gasteiger partial charge in [-0.3, -0.25) is 14.5 Å². The number of thiazole rings is 1. The number of nitrogens with zero attached hydrogens (tertiary/aromatic N) is 3. The van der Waals surface area contributed by atoms with Gasteiger partial charge in [0.25, 0.3) is 11.8 Å². The average molecular weight is 807 g/mol. The number of hydrogen-bond donors (Lipinski definition) is 4. The van der Waals surface area contributed by atoms with Crippen molar-refractivity contribution in [2.24, 2.45) is 5.16 Å². The molecule has 3 heterocycles. The normalized spacial score (nSPS) is 17.2. The Labute approximate surface area is 328 Å². The number of thioether (sulfide) groups is 1. The molecule has 3 atom stereocenters. The first-order chi connectivity index (χ1) is 26.7. The van der Waals surface area contributed by atoms with Crippen LogP contribution in [0.25, 0.3) is 0 Å². The molecule has 19 heteroatoms. The van der Waals surface area contributed by atoms with Gasteiger partial charge in [-0.05, 0) is 37.5 Å². The third kappa shape index (κ3) is 10.1. The number of benzene rings is 2. The number of allylic oxidation sites excluding steroid dienone is 1. The molecule has 0 bridgehead atoms. The van der Waals surface area contributed by atoms with Gasteiger partial charge in [-0.1, -0.05) is 78.5 Å². The highest BCUT2D eigenvalue weighted by Crippen LogP contribution is 2.40. The van der Waals surface area contributed by atoms with E-state index in [0.717, 1.165) is 16.2 Å². The quantitative estimate of drug-likeness (QED) is 0.0568. The number of alkyl carbamates (subject to hydrolysis) is 1. The van der Waals surface area contributed by atoms with Gasteiger partial charge in [0.05, 0.1) is 0 Å². The molecule has 2 aromatic carbocycles. The third-order valence-corrected chi connectivity index (χ3v) is 9.85. The van der Waals surface area contributed by atoms with Crippen LogP contribution in [-0.4, -0.2) is 98.5 Å². The first-order valence-corrected chi connectivity index (χ1v) is 18.8. The van der Waals surface area contributed by atoms with E-state index in [4.69, 9.17) is 24.8 Å². The highest BCUT2D eigenvalue weighted by Gasteiger charge is 2.54. The molecule has 2 unspecified atom stereocenters.